The molecule has 2 heterocycles. The summed E-state index contributed by atoms with van der Waals surface area (Å²) in [6, 6.07) is 15.5. The highest BCUT2D eigenvalue weighted by molar-refractivity contribution is 5.93. The summed E-state index contributed by atoms with van der Waals surface area (Å²) in [6.45, 7) is 7.09. The molecular weight excluding hydrogens is 484 g/mol. The number of aromatic nitrogens is 1. The minimum absolute atomic E-state index is 0.152. The van der Waals surface area contributed by atoms with Gasteiger partial charge in [-0.05, 0) is 17.5 Å². The molecule has 1 saturated heterocycles. The van der Waals surface area contributed by atoms with E-state index in [1.54, 1.807) is 7.11 Å². The Labute approximate surface area is 222 Å². The Balaban J connectivity index is 1.69. The van der Waals surface area contributed by atoms with E-state index < -0.39 is 29.5 Å². The number of nitrogens with two attached hydrogens (primary N) is 1. The van der Waals surface area contributed by atoms with Crippen molar-refractivity contribution in [3.05, 3.63) is 54.6 Å². The molecule has 0 spiro atoms. The number of likely N-dealkylation sites (tertiary alicyclic amines) is 1. The van der Waals surface area contributed by atoms with E-state index in [4.69, 9.17) is 20.2 Å². The van der Waals surface area contributed by atoms with Gasteiger partial charge in [-0.25, -0.2) is 4.98 Å². The van der Waals surface area contributed by atoms with Gasteiger partial charge in [0, 0.05) is 36.4 Å². The van der Waals surface area contributed by atoms with Gasteiger partial charge in [-0.15, -0.1) is 0 Å². The number of ether oxygens (including phenoxy) is 2. The molecule has 38 heavy (non-hydrogen) atoms. The van der Waals surface area contributed by atoms with E-state index in [-0.39, 0.29) is 24.8 Å². The predicted octanol–water partition coefficient (Wildman–Crippen LogP) is 3.29. The smallest absolute Gasteiger partial charge is 0.246 e. The molecule has 0 unspecified atom stereocenters. The molecule has 1 aliphatic rings. The molecule has 9 heteroatoms. The zero-order valence-electron chi connectivity index (χ0n) is 22.4. The number of hydrogen-bond donors (Lipinski definition) is 2. The third kappa shape index (κ3) is 5.72. The number of benzene rings is 2. The quantitative estimate of drug-likeness (QED) is 0.495. The second-order valence-corrected chi connectivity index (χ2v) is 10.6. The molecule has 3 N–H and O–H groups in total. The molecule has 1 aliphatic heterocycles. The molecule has 2 aromatic carbocycles. The van der Waals surface area contributed by atoms with Crippen LogP contribution in [0, 0.1) is 5.41 Å². The fourth-order valence-corrected chi connectivity index (χ4v) is 4.75. The first-order valence-electron chi connectivity index (χ1n) is 12.6. The topological polar surface area (TPSA) is 124 Å². The maximum atomic E-state index is 13.6. The highest BCUT2D eigenvalue weighted by atomic mass is 16.5. The molecule has 4 rings (SSSR count). The molecule has 1 aromatic heterocycles. The van der Waals surface area contributed by atoms with Gasteiger partial charge in [0.15, 0.2) is 0 Å². The SMILES string of the molecule is COc1ccc2c(O[C@@H]3C[C@@H](C(N)=O)N(C(=O)[C@@H](NC(C)=O)C(C)(C)C)C3)cc(-c3ccccc3)nc2c1. The van der Waals surface area contributed by atoms with E-state index in [9.17, 15) is 14.4 Å². The minimum atomic E-state index is -0.854. The zero-order valence-corrected chi connectivity index (χ0v) is 22.4. The summed E-state index contributed by atoms with van der Waals surface area (Å²) >= 11 is 0. The van der Waals surface area contributed by atoms with Crippen LogP contribution in [0.4, 0.5) is 0 Å². The summed E-state index contributed by atoms with van der Waals surface area (Å²) in [4.78, 5) is 44.1. The van der Waals surface area contributed by atoms with Gasteiger partial charge in [-0.1, -0.05) is 51.1 Å². The third-order valence-corrected chi connectivity index (χ3v) is 6.68. The lowest BCUT2D eigenvalue weighted by atomic mass is 9.85. The van der Waals surface area contributed by atoms with Gasteiger partial charge in [0.1, 0.15) is 29.7 Å². The number of nitrogens with zero attached hydrogens (tertiary/aromatic N) is 2. The van der Waals surface area contributed by atoms with Crippen LogP contribution in [0.1, 0.15) is 34.1 Å². The maximum Gasteiger partial charge on any atom is 0.246 e. The number of primary amides is 1. The van der Waals surface area contributed by atoms with Crippen molar-refractivity contribution < 1.29 is 23.9 Å². The van der Waals surface area contributed by atoms with Gasteiger partial charge in [0.25, 0.3) is 0 Å². The van der Waals surface area contributed by atoms with E-state index in [1.807, 2.05) is 75.4 Å². The first-order chi connectivity index (χ1) is 18.0. The van der Waals surface area contributed by atoms with E-state index >= 15 is 0 Å². The normalized spacial score (nSPS) is 18.2. The van der Waals surface area contributed by atoms with Crippen molar-refractivity contribution in [2.75, 3.05) is 13.7 Å². The zero-order chi connectivity index (χ0) is 27.6. The summed E-state index contributed by atoms with van der Waals surface area (Å²) in [5.41, 5.74) is 7.47. The summed E-state index contributed by atoms with van der Waals surface area (Å²) < 4.78 is 11.9. The Morgan fingerprint density at radius 3 is 2.42 bits per heavy atom. The van der Waals surface area contributed by atoms with Gasteiger partial charge in [0.2, 0.25) is 17.7 Å². The molecule has 3 amide bonds. The van der Waals surface area contributed by atoms with Gasteiger partial charge in [0.05, 0.1) is 24.9 Å². The van der Waals surface area contributed by atoms with Crippen LogP contribution in [0.25, 0.3) is 22.2 Å². The fourth-order valence-electron chi connectivity index (χ4n) is 4.75. The first kappa shape index (κ1) is 26.9. The van der Waals surface area contributed by atoms with Crippen molar-refractivity contribution in [2.45, 2.75) is 52.3 Å². The van der Waals surface area contributed by atoms with Crippen molar-refractivity contribution in [3.63, 3.8) is 0 Å². The van der Waals surface area contributed by atoms with Gasteiger partial charge in [-0.2, -0.15) is 0 Å². The lowest BCUT2D eigenvalue weighted by molar-refractivity contribution is -0.143. The molecule has 3 aromatic rings. The molecule has 9 nitrogen and oxygen atoms in total. The largest absolute Gasteiger partial charge is 0.497 e. The first-order valence-corrected chi connectivity index (χ1v) is 12.6. The van der Waals surface area contributed by atoms with Crippen LogP contribution in [0.2, 0.25) is 0 Å². The maximum absolute atomic E-state index is 13.6. The van der Waals surface area contributed by atoms with Crippen molar-refractivity contribution in [1.82, 2.24) is 15.2 Å². The Hall–Kier alpha value is -4.14. The van der Waals surface area contributed by atoms with Crippen LogP contribution >= 0.6 is 0 Å². The molecule has 0 aliphatic carbocycles. The van der Waals surface area contributed by atoms with Crippen LogP contribution in [0.5, 0.6) is 11.5 Å². The highest BCUT2D eigenvalue weighted by Gasteiger charge is 2.45. The van der Waals surface area contributed by atoms with Crippen LogP contribution in [0.3, 0.4) is 0 Å². The molecule has 0 saturated carbocycles. The number of fused-ring (bicyclic) bond motifs is 1. The van der Waals surface area contributed by atoms with E-state index in [1.165, 1.54) is 11.8 Å². The standard InChI is InChI=1S/C29H34N4O5/c1-17(34)31-26(29(2,3)4)28(36)33-16-20(14-24(33)27(30)35)38-25-15-22(18-9-7-6-8-10-18)32-23-13-19(37-5)11-12-21(23)25/h6-13,15,20,24,26H,14,16H2,1-5H3,(H2,30,35)(H,31,34)/t20-,24+,26-/m1/s1. The van der Waals surface area contributed by atoms with Gasteiger partial charge < -0.3 is 25.4 Å². The number of pyridine rings is 1. The third-order valence-electron chi connectivity index (χ3n) is 6.68. The molecular formula is C29H34N4O5. The molecule has 200 valence electrons. The summed E-state index contributed by atoms with van der Waals surface area (Å²) in [7, 11) is 1.60. The second-order valence-electron chi connectivity index (χ2n) is 10.6. The van der Waals surface area contributed by atoms with Crippen LogP contribution in [-0.4, -0.2) is 59.4 Å². The van der Waals surface area contributed by atoms with Crippen molar-refractivity contribution in [1.29, 1.82) is 0 Å². The van der Waals surface area contributed by atoms with Crippen LogP contribution < -0.4 is 20.5 Å². The number of carbonyl (C=O) groups excluding carboxylic acids is 3. The van der Waals surface area contributed by atoms with Crippen molar-refractivity contribution in [2.24, 2.45) is 11.1 Å². The summed E-state index contributed by atoms with van der Waals surface area (Å²) in [6.07, 6.45) is -0.260. The number of amides is 3. The van der Waals surface area contributed by atoms with E-state index in [0.717, 1.165) is 16.6 Å². The second kappa shape index (κ2) is 10.7. The average molecular weight is 519 g/mol. The average Bonchev–Trinajstić information content (AvgIpc) is 3.30. The lowest BCUT2D eigenvalue weighted by Crippen LogP contribution is -2.57. The summed E-state index contributed by atoms with van der Waals surface area (Å²) in [5, 5.41) is 3.51. The predicted molar refractivity (Wildman–Crippen MR) is 145 cm³/mol. The van der Waals surface area contributed by atoms with Crippen LogP contribution in [-0.2, 0) is 14.4 Å². The Morgan fingerprint density at radius 1 is 1.11 bits per heavy atom. The van der Waals surface area contributed by atoms with Gasteiger partial charge >= 0.3 is 0 Å². The highest BCUT2D eigenvalue weighted by Crippen LogP contribution is 2.35. The summed E-state index contributed by atoms with van der Waals surface area (Å²) in [5.74, 6) is -0.0637. The minimum Gasteiger partial charge on any atom is -0.497 e. The molecule has 0 bridgehead atoms. The monoisotopic (exact) mass is 518 g/mol. The number of carbonyl (C=O) groups is 3. The number of nitrogens with one attached hydrogen (secondary N) is 1. The van der Waals surface area contributed by atoms with Crippen molar-refractivity contribution in [3.8, 4) is 22.8 Å². The van der Waals surface area contributed by atoms with Crippen LogP contribution in [0.15, 0.2) is 54.6 Å². The van der Waals surface area contributed by atoms with Crippen molar-refractivity contribution >= 4 is 28.6 Å². The Morgan fingerprint density at radius 2 is 1.82 bits per heavy atom. The molecule has 3 atom stereocenters. The molecule has 0 radical (unpaired) electrons. The fraction of sp³-hybridized carbons (Fsp3) is 0.379. The Kier molecular flexibility index (Phi) is 7.57. The van der Waals surface area contributed by atoms with E-state index in [0.29, 0.717) is 17.0 Å². The Bertz CT molecular complexity index is 1350. The lowest BCUT2D eigenvalue weighted by Gasteiger charge is -2.34. The van der Waals surface area contributed by atoms with E-state index in [2.05, 4.69) is 5.32 Å². The molecule has 1 fully saturated rings. The van der Waals surface area contributed by atoms with Gasteiger partial charge in [-0.3, -0.25) is 14.4 Å². The number of methoxy groups -OCH3 is 1. The number of hydrogen-bond acceptors (Lipinski definition) is 6. The number of rotatable bonds is 7.